The molecule has 2 aromatic carbocycles. The maximum absolute atomic E-state index is 14.6. The smallest absolute Gasteiger partial charge is 0.243 e. The maximum atomic E-state index is 14.6. The molecule has 1 aromatic heterocycles. The third-order valence-corrected chi connectivity index (χ3v) is 8.05. The maximum Gasteiger partial charge on any atom is 0.243 e. The number of aryl methyl sites for hydroxylation is 1. The van der Waals surface area contributed by atoms with Crippen LogP contribution in [-0.4, -0.2) is 48.4 Å². The van der Waals surface area contributed by atoms with Crippen molar-refractivity contribution < 1.29 is 22.3 Å². The largest absolute Gasteiger partial charge is 0.497 e. The quantitative estimate of drug-likeness (QED) is 0.554. The lowest BCUT2D eigenvalue weighted by molar-refractivity contribution is -0.126. The molecule has 8 nitrogen and oxygen atoms in total. The minimum Gasteiger partial charge on any atom is -0.497 e. The summed E-state index contributed by atoms with van der Waals surface area (Å²) in [7, 11) is -0.365. The highest BCUT2D eigenvalue weighted by Crippen LogP contribution is 2.28. The number of amides is 1. The van der Waals surface area contributed by atoms with E-state index in [9.17, 15) is 17.6 Å². The zero-order valence-electron chi connectivity index (χ0n) is 19.0. The Morgan fingerprint density at radius 1 is 1.15 bits per heavy atom. The van der Waals surface area contributed by atoms with Crippen molar-refractivity contribution >= 4 is 15.9 Å². The molecule has 0 spiro atoms. The summed E-state index contributed by atoms with van der Waals surface area (Å²) in [4.78, 5) is 17.6. The zero-order chi connectivity index (χ0) is 24.3. The van der Waals surface area contributed by atoms with Crippen LogP contribution in [-0.2, 0) is 21.9 Å². The van der Waals surface area contributed by atoms with Gasteiger partial charge in [0, 0.05) is 44.0 Å². The summed E-state index contributed by atoms with van der Waals surface area (Å²) in [5.74, 6) is 0.00947. The number of methoxy groups -OCH3 is 1. The lowest BCUT2D eigenvalue weighted by atomic mass is 9.96. The monoisotopic (exact) mass is 486 g/mol. The molecular weight excluding hydrogens is 459 g/mol. The van der Waals surface area contributed by atoms with Crippen LogP contribution in [0, 0.1) is 11.7 Å². The standard InChI is InChI=1S/C24H27FN4O4S/c1-28-16-13-26-23(28)22(20-5-3-4-6-21(20)25)27-24(30)17-11-14-29(15-12-17)34(31,32)19-9-7-18(33-2)8-10-19/h3-10,13,16-17,22H,11-12,14-15H2,1-2H3,(H,27,30)/t22-/m1/s1. The summed E-state index contributed by atoms with van der Waals surface area (Å²) in [6.45, 7) is 0.443. The van der Waals surface area contributed by atoms with Gasteiger partial charge in [-0.1, -0.05) is 18.2 Å². The Morgan fingerprint density at radius 3 is 2.41 bits per heavy atom. The van der Waals surface area contributed by atoms with E-state index in [1.807, 2.05) is 0 Å². The van der Waals surface area contributed by atoms with Gasteiger partial charge in [0.05, 0.1) is 12.0 Å². The number of nitrogens with one attached hydrogen (secondary N) is 1. The summed E-state index contributed by atoms with van der Waals surface area (Å²) in [6, 6.07) is 11.8. The molecule has 4 rings (SSSR count). The van der Waals surface area contributed by atoms with Gasteiger partial charge in [-0.15, -0.1) is 0 Å². The highest BCUT2D eigenvalue weighted by molar-refractivity contribution is 7.89. The minimum absolute atomic E-state index is 0.186. The topological polar surface area (TPSA) is 93.5 Å². The van der Waals surface area contributed by atoms with Gasteiger partial charge in [-0.25, -0.2) is 17.8 Å². The fourth-order valence-electron chi connectivity index (χ4n) is 4.16. The van der Waals surface area contributed by atoms with E-state index in [2.05, 4.69) is 10.3 Å². The molecular formula is C24H27FN4O4S. The molecule has 0 radical (unpaired) electrons. The molecule has 1 aliphatic rings. The number of hydrogen-bond donors (Lipinski definition) is 1. The normalized spacial score (nSPS) is 16.2. The van der Waals surface area contributed by atoms with Crippen molar-refractivity contribution in [3.05, 3.63) is 78.1 Å². The Balaban J connectivity index is 1.46. The number of sulfonamides is 1. The second kappa shape index (κ2) is 9.94. The van der Waals surface area contributed by atoms with Crippen molar-refractivity contribution in [3.8, 4) is 5.75 Å². The van der Waals surface area contributed by atoms with E-state index in [0.29, 0.717) is 30.0 Å². The van der Waals surface area contributed by atoms with Crippen LogP contribution in [0.4, 0.5) is 4.39 Å². The Bertz CT molecular complexity index is 1250. The predicted molar refractivity (Wildman–Crippen MR) is 124 cm³/mol. The molecule has 1 fully saturated rings. The molecule has 1 N–H and O–H groups in total. The van der Waals surface area contributed by atoms with Crippen LogP contribution >= 0.6 is 0 Å². The van der Waals surface area contributed by atoms with Crippen LogP contribution in [0.3, 0.4) is 0 Å². The van der Waals surface area contributed by atoms with Crippen molar-refractivity contribution in [1.82, 2.24) is 19.2 Å². The summed E-state index contributed by atoms with van der Waals surface area (Å²) < 4.78 is 48.8. The molecule has 0 saturated carbocycles. The van der Waals surface area contributed by atoms with Gasteiger partial charge in [-0.2, -0.15) is 4.31 Å². The first kappa shape index (κ1) is 23.9. The van der Waals surface area contributed by atoms with Crippen LogP contribution in [0.25, 0.3) is 0 Å². The van der Waals surface area contributed by atoms with Crippen LogP contribution in [0.5, 0.6) is 5.75 Å². The average Bonchev–Trinajstić information content (AvgIpc) is 3.28. The number of piperidine rings is 1. The highest BCUT2D eigenvalue weighted by atomic mass is 32.2. The van der Waals surface area contributed by atoms with E-state index in [0.717, 1.165) is 0 Å². The fourth-order valence-corrected chi connectivity index (χ4v) is 5.63. The van der Waals surface area contributed by atoms with Gasteiger partial charge in [-0.05, 0) is 43.2 Å². The first-order valence-corrected chi connectivity index (χ1v) is 12.4. The zero-order valence-corrected chi connectivity index (χ0v) is 19.8. The number of carbonyl (C=O) groups is 1. The number of aromatic nitrogens is 2. The van der Waals surface area contributed by atoms with Crippen LogP contribution in [0.2, 0.25) is 0 Å². The van der Waals surface area contributed by atoms with E-state index < -0.39 is 27.8 Å². The van der Waals surface area contributed by atoms with Gasteiger partial charge in [-0.3, -0.25) is 4.79 Å². The summed E-state index contributed by atoms with van der Waals surface area (Å²) in [6.07, 6.45) is 4.06. The second-order valence-corrected chi connectivity index (χ2v) is 10.2. The Labute approximate surface area is 198 Å². The molecule has 1 aliphatic heterocycles. The molecule has 1 amide bonds. The summed E-state index contributed by atoms with van der Waals surface area (Å²) >= 11 is 0. The van der Waals surface area contributed by atoms with E-state index in [4.69, 9.17) is 4.74 Å². The van der Waals surface area contributed by atoms with E-state index in [1.54, 1.807) is 54.3 Å². The molecule has 0 unspecified atom stereocenters. The van der Waals surface area contributed by atoms with Crippen LogP contribution in [0.15, 0.2) is 65.8 Å². The average molecular weight is 487 g/mol. The molecule has 0 aliphatic carbocycles. The third-order valence-electron chi connectivity index (χ3n) is 6.14. The Morgan fingerprint density at radius 2 is 1.82 bits per heavy atom. The molecule has 180 valence electrons. The molecule has 10 heteroatoms. The molecule has 1 saturated heterocycles. The summed E-state index contributed by atoms with van der Waals surface area (Å²) in [5, 5.41) is 2.94. The fraction of sp³-hybridized carbons (Fsp3) is 0.333. The summed E-state index contributed by atoms with van der Waals surface area (Å²) in [5.41, 5.74) is 0.324. The lowest BCUT2D eigenvalue weighted by Crippen LogP contribution is -2.44. The third kappa shape index (κ3) is 4.83. The highest BCUT2D eigenvalue weighted by Gasteiger charge is 2.34. The van der Waals surface area contributed by atoms with Crippen molar-refractivity contribution in [2.75, 3.05) is 20.2 Å². The van der Waals surface area contributed by atoms with Crippen molar-refractivity contribution in [2.45, 2.75) is 23.8 Å². The van der Waals surface area contributed by atoms with Gasteiger partial charge in [0.1, 0.15) is 23.4 Å². The van der Waals surface area contributed by atoms with Crippen LogP contribution in [0.1, 0.15) is 30.3 Å². The van der Waals surface area contributed by atoms with Crippen molar-refractivity contribution in [1.29, 1.82) is 0 Å². The first-order chi connectivity index (χ1) is 16.3. The van der Waals surface area contributed by atoms with Gasteiger partial charge in [0.25, 0.3) is 0 Å². The van der Waals surface area contributed by atoms with E-state index in [-0.39, 0.29) is 23.9 Å². The first-order valence-electron chi connectivity index (χ1n) is 11.0. The van der Waals surface area contributed by atoms with Gasteiger partial charge in [0.2, 0.25) is 15.9 Å². The lowest BCUT2D eigenvalue weighted by Gasteiger charge is -2.31. The number of benzene rings is 2. The van der Waals surface area contributed by atoms with Gasteiger partial charge in [0.15, 0.2) is 0 Å². The Hall–Kier alpha value is -3.24. The molecule has 2 heterocycles. The Kier molecular flexibility index (Phi) is 6.99. The number of hydrogen-bond acceptors (Lipinski definition) is 5. The molecule has 1 atom stereocenters. The van der Waals surface area contributed by atoms with Crippen molar-refractivity contribution in [2.24, 2.45) is 13.0 Å². The molecule has 34 heavy (non-hydrogen) atoms. The predicted octanol–water partition coefficient (Wildman–Crippen LogP) is 2.87. The van der Waals surface area contributed by atoms with Crippen molar-refractivity contribution in [3.63, 3.8) is 0 Å². The molecule has 3 aromatic rings. The van der Waals surface area contributed by atoms with Gasteiger partial charge < -0.3 is 14.6 Å². The van der Waals surface area contributed by atoms with Crippen LogP contribution < -0.4 is 10.1 Å². The van der Waals surface area contributed by atoms with E-state index in [1.165, 1.54) is 29.6 Å². The SMILES string of the molecule is COc1ccc(S(=O)(=O)N2CCC(C(=O)N[C@H](c3ccccc3F)c3nccn3C)CC2)cc1. The van der Waals surface area contributed by atoms with Gasteiger partial charge >= 0.3 is 0 Å². The number of rotatable bonds is 7. The number of nitrogens with zero attached hydrogens (tertiary/aromatic N) is 3. The number of halogens is 1. The second-order valence-electron chi connectivity index (χ2n) is 8.21. The minimum atomic E-state index is -3.67. The molecule has 0 bridgehead atoms. The number of carbonyl (C=O) groups excluding carboxylic acids is 1. The number of imidazole rings is 1. The number of ether oxygens (including phenoxy) is 1. The van der Waals surface area contributed by atoms with E-state index >= 15 is 0 Å².